The predicted octanol–water partition coefficient (Wildman–Crippen LogP) is 4.54. The topological polar surface area (TPSA) is 53.4 Å². The minimum atomic E-state index is -0.177. The van der Waals surface area contributed by atoms with Crippen LogP contribution < -0.4 is 10.2 Å². The lowest BCUT2D eigenvalue weighted by molar-refractivity contribution is 0.102. The number of anilines is 2. The van der Waals surface area contributed by atoms with Crippen molar-refractivity contribution in [1.29, 1.82) is 0 Å². The van der Waals surface area contributed by atoms with Crippen LogP contribution in [0.2, 0.25) is 0 Å². The van der Waals surface area contributed by atoms with E-state index in [9.17, 15) is 4.79 Å². The molecular formula is C27H27N5O. The van der Waals surface area contributed by atoms with Gasteiger partial charge in [0.2, 0.25) is 0 Å². The number of para-hydroxylation sites is 1. The second-order valence-corrected chi connectivity index (χ2v) is 8.33. The number of aromatic nitrogens is 2. The molecule has 1 N–H and O–H groups in total. The Kier molecular flexibility index (Phi) is 5.91. The molecule has 3 aromatic carbocycles. The summed E-state index contributed by atoms with van der Waals surface area (Å²) >= 11 is 0. The summed E-state index contributed by atoms with van der Waals surface area (Å²) in [6.45, 7) is 4.15. The van der Waals surface area contributed by atoms with Crippen molar-refractivity contribution in [2.75, 3.05) is 43.4 Å². The molecule has 1 aliphatic rings. The second kappa shape index (κ2) is 9.30. The highest BCUT2D eigenvalue weighted by Crippen LogP contribution is 2.25. The minimum absolute atomic E-state index is 0.177. The Morgan fingerprint density at radius 3 is 2.09 bits per heavy atom. The molecule has 1 amide bonds. The Balaban J connectivity index is 1.39. The number of nitrogens with zero attached hydrogens (tertiary/aromatic N) is 4. The van der Waals surface area contributed by atoms with Gasteiger partial charge in [-0.2, -0.15) is 5.10 Å². The van der Waals surface area contributed by atoms with Crippen LogP contribution in [0.25, 0.3) is 16.9 Å². The maximum absolute atomic E-state index is 13.3. The third kappa shape index (κ3) is 4.66. The average Bonchev–Trinajstić information content (AvgIpc) is 3.32. The molecule has 0 bridgehead atoms. The molecule has 166 valence electrons. The van der Waals surface area contributed by atoms with Crippen molar-refractivity contribution in [1.82, 2.24) is 14.7 Å². The first-order valence-electron chi connectivity index (χ1n) is 11.2. The van der Waals surface area contributed by atoms with Gasteiger partial charge >= 0.3 is 0 Å². The fourth-order valence-corrected chi connectivity index (χ4v) is 4.08. The molecule has 2 heterocycles. The third-order valence-electron chi connectivity index (χ3n) is 6.02. The van der Waals surface area contributed by atoms with E-state index < -0.39 is 0 Å². The number of piperazine rings is 1. The van der Waals surface area contributed by atoms with Gasteiger partial charge in [0, 0.05) is 49.3 Å². The molecular weight excluding hydrogens is 410 g/mol. The van der Waals surface area contributed by atoms with Crippen LogP contribution >= 0.6 is 0 Å². The largest absolute Gasteiger partial charge is 0.369 e. The maximum Gasteiger partial charge on any atom is 0.259 e. The zero-order valence-electron chi connectivity index (χ0n) is 18.7. The lowest BCUT2D eigenvalue weighted by atomic mass is 10.1. The van der Waals surface area contributed by atoms with Crippen molar-refractivity contribution < 1.29 is 4.79 Å². The summed E-state index contributed by atoms with van der Waals surface area (Å²) < 4.78 is 1.76. The molecule has 0 radical (unpaired) electrons. The number of amides is 1. The number of benzene rings is 3. The van der Waals surface area contributed by atoms with E-state index in [-0.39, 0.29) is 5.91 Å². The zero-order chi connectivity index (χ0) is 22.6. The molecule has 5 rings (SSSR count). The summed E-state index contributed by atoms with van der Waals surface area (Å²) in [5, 5.41) is 7.79. The normalized spacial score (nSPS) is 14.3. The van der Waals surface area contributed by atoms with E-state index in [0.717, 1.165) is 43.1 Å². The summed E-state index contributed by atoms with van der Waals surface area (Å²) in [5.41, 5.74) is 4.96. The molecule has 1 saturated heterocycles. The van der Waals surface area contributed by atoms with Gasteiger partial charge in [-0.05, 0) is 43.4 Å². The highest BCUT2D eigenvalue weighted by molar-refractivity contribution is 6.08. The summed E-state index contributed by atoms with van der Waals surface area (Å²) in [6, 6.07) is 27.7. The second-order valence-electron chi connectivity index (χ2n) is 8.33. The molecule has 1 aromatic heterocycles. The summed E-state index contributed by atoms with van der Waals surface area (Å²) in [4.78, 5) is 18.0. The van der Waals surface area contributed by atoms with Crippen LogP contribution in [0.4, 0.5) is 11.4 Å². The SMILES string of the molecule is CN1CCN(c2ccc(NC(=O)c3cn(-c4ccccc4)nc3-c3ccccc3)cc2)CC1. The first-order valence-corrected chi connectivity index (χ1v) is 11.2. The van der Waals surface area contributed by atoms with Gasteiger partial charge in [0.05, 0.1) is 11.3 Å². The van der Waals surface area contributed by atoms with Gasteiger partial charge in [-0.1, -0.05) is 48.5 Å². The molecule has 0 aliphatic carbocycles. The fraction of sp³-hybridized carbons (Fsp3) is 0.185. The smallest absolute Gasteiger partial charge is 0.259 e. The zero-order valence-corrected chi connectivity index (χ0v) is 18.7. The van der Waals surface area contributed by atoms with E-state index in [2.05, 4.69) is 34.3 Å². The predicted molar refractivity (Wildman–Crippen MR) is 133 cm³/mol. The van der Waals surface area contributed by atoms with E-state index in [1.165, 1.54) is 5.69 Å². The van der Waals surface area contributed by atoms with Crippen LogP contribution in [-0.4, -0.2) is 53.8 Å². The van der Waals surface area contributed by atoms with Crippen LogP contribution in [0.1, 0.15) is 10.4 Å². The third-order valence-corrected chi connectivity index (χ3v) is 6.02. The summed E-state index contributed by atoms with van der Waals surface area (Å²) in [6.07, 6.45) is 1.80. The first kappa shape index (κ1) is 21.0. The van der Waals surface area contributed by atoms with Crippen molar-refractivity contribution in [3.63, 3.8) is 0 Å². The van der Waals surface area contributed by atoms with E-state index in [4.69, 9.17) is 5.10 Å². The molecule has 6 heteroatoms. The summed E-state index contributed by atoms with van der Waals surface area (Å²) in [7, 11) is 2.15. The van der Waals surface area contributed by atoms with Crippen LogP contribution in [0.3, 0.4) is 0 Å². The van der Waals surface area contributed by atoms with Crippen molar-refractivity contribution in [3.8, 4) is 16.9 Å². The molecule has 0 atom stereocenters. The van der Waals surface area contributed by atoms with E-state index >= 15 is 0 Å². The Morgan fingerprint density at radius 2 is 1.42 bits per heavy atom. The van der Waals surface area contributed by atoms with Gasteiger partial charge in [-0.3, -0.25) is 4.79 Å². The number of carbonyl (C=O) groups is 1. The quantitative estimate of drug-likeness (QED) is 0.498. The van der Waals surface area contributed by atoms with Crippen LogP contribution in [0.15, 0.2) is 91.1 Å². The Bertz CT molecular complexity index is 1210. The lowest BCUT2D eigenvalue weighted by Gasteiger charge is -2.34. The number of hydrogen-bond donors (Lipinski definition) is 1. The number of carbonyl (C=O) groups excluding carboxylic acids is 1. The number of rotatable bonds is 5. The first-order chi connectivity index (χ1) is 16.2. The highest BCUT2D eigenvalue weighted by atomic mass is 16.1. The molecule has 4 aromatic rings. The average molecular weight is 438 g/mol. The molecule has 6 nitrogen and oxygen atoms in total. The van der Waals surface area contributed by atoms with Crippen molar-refractivity contribution >= 4 is 17.3 Å². The van der Waals surface area contributed by atoms with Gasteiger partial charge in [0.1, 0.15) is 5.69 Å². The van der Waals surface area contributed by atoms with Crippen LogP contribution in [0, 0.1) is 0 Å². The fourth-order valence-electron chi connectivity index (χ4n) is 4.08. The van der Waals surface area contributed by atoms with Crippen molar-refractivity contribution in [2.45, 2.75) is 0 Å². The van der Waals surface area contributed by atoms with Crippen LogP contribution in [0.5, 0.6) is 0 Å². The monoisotopic (exact) mass is 437 g/mol. The van der Waals surface area contributed by atoms with Gasteiger partial charge in [0.25, 0.3) is 5.91 Å². The number of nitrogens with one attached hydrogen (secondary N) is 1. The Morgan fingerprint density at radius 1 is 0.788 bits per heavy atom. The standard InChI is InChI=1S/C27H27N5O/c1-30-16-18-31(19-17-30)23-14-12-22(13-15-23)28-27(33)25-20-32(24-10-6-3-7-11-24)29-26(25)21-8-4-2-5-9-21/h2-15,20H,16-19H2,1H3,(H,28,33). The molecule has 0 spiro atoms. The lowest BCUT2D eigenvalue weighted by Crippen LogP contribution is -2.44. The molecule has 0 saturated carbocycles. The molecule has 1 fully saturated rings. The Labute approximate surface area is 194 Å². The van der Waals surface area contributed by atoms with E-state index in [0.29, 0.717) is 11.3 Å². The summed E-state index contributed by atoms with van der Waals surface area (Å²) in [5.74, 6) is -0.177. The maximum atomic E-state index is 13.3. The minimum Gasteiger partial charge on any atom is -0.369 e. The number of hydrogen-bond acceptors (Lipinski definition) is 4. The molecule has 1 aliphatic heterocycles. The van der Waals surface area contributed by atoms with Crippen molar-refractivity contribution in [2.24, 2.45) is 0 Å². The van der Waals surface area contributed by atoms with Gasteiger partial charge in [-0.15, -0.1) is 0 Å². The van der Waals surface area contributed by atoms with Crippen LogP contribution in [-0.2, 0) is 0 Å². The Hall–Kier alpha value is -3.90. The molecule has 0 unspecified atom stereocenters. The van der Waals surface area contributed by atoms with Crippen molar-refractivity contribution in [3.05, 3.63) is 96.7 Å². The van der Waals surface area contributed by atoms with Gasteiger partial charge in [-0.25, -0.2) is 4.68 Å². The highest BCUT2D eigenvalue weighted by Gasteiger charge is 2.19. The van der Waals surface area contributed by atoms with Gasteiger partial charge in [0.15, 0.2) is 0 Å². The number of likely N-dealkylation sites (N-methyl/N-ethyl adjacent to an activating group) is 1. The van der Waals surface area contributed by atoms with E-state index in [1.54, 1.807) is 10.9 Å². The van der Waals surface area contributed by atoms with Gasteiger partial charge < -0.3 is 15.1 Å². The molecule has 33 heavy (non-hydrogen) atoms. The van der Waals surface area contributed by atoms with E-state index in [1.807, 2.05) is 72.8 Å².